The van der Waals surface area contributed by atoms with Gasteiger partial charge in [0.05, 0.1) is 6.26 Å². The molecule has 3 aliphatic carbocycles. The molecule has 0 amide bonds. The Morgan fingerprint density at radius 3 is 2.91 bits per heavy atom. The number of allylic oxidation sites excluding steroid dienone is 2. The van der Waals surface area contributed by atoms with Crippen molar-refractivity contribution in [3.63, 3.8) is 0 Å². The second-order valence-corrected chi connectivity index (χ2v) is 8.30. The van der Waals surface area contributed by atoms with Gasteiger partial charge in [-0.25, -0.2) is 0 Å². The molecule has 0 spiro atoms. The summed E-state index contributed by atoms with van der Waals surface area (Å²) in [6.07, 6.45) is 7.21. The zero-order valence-electron chi connectivity index (χ0n) is 14.4. The number of nitrogens with one attached hydrogen (secondary N) is 1. The van der Waals surface area contributed by atoms with Gasteiger partial charge in [0.1, 0.15) is 5.76 Å². The van der Waals surface area contributed by atoms with Crippen molar-refractivity contribution in [1.82, 2.24) is 5.32 Å². The maximum Gasteiger partial charge on any atom is 0.161 e. The van der Waals surface area contributed by atoms with Gasteiger partial charge < -0.3 is 9.73 Å². The summed E-state index contributed by atoms with van der Waals surface area (Å²) in [6.45, 7) is 6.72. The van der Waals surface area contributed by atoms with Crippen molar-refractivity contribution >= 4 is 5.78 Å². The average molecular weight is 313 g/mol. The summed E-state index contributed by atoms with van der Waals surface area (Å²) in [5.41, 5.74) is 2.57. The van der Waals surface area contributed by atoms with Gasteiger partial charge in [0.2, 0.25) is 0 Å². The summed E-state index contributed by atoms with van der Waals surface area (Å²) in [7, 11) is 0. The first kappa shape index (κ1) is 15.0. The molecule has 0 aliphatic heterocycles. The summed E-state index contributed by atoms with van der Waals surface area (Å²) in [6, 6.07) is 4.51. The first-order chi connectivity index (χ1) is 11.0. The van der Waals surface area contributed by atoms with E-state index in [1.165, 1.54) is 19.3 Å². The van der Waals surface area contributed by atoms with Gasteiger partial charge in [-0.1, -0.05) is 20.3 Å². The van der Waals surface area contributed by atoms with Crippen LogP contribution in [0.4, 0.5) is 0 Å². The van der Waals surface area contributed by atoms with Crippen LogP contribution in [0.15, 0.2) is 34.1 Å². The van der Waals surface area contributed by atoms with E-state index in [2.05, 4.69) is 32.2 Å². The van der Waals surface area contributed by atoms with E-state index in [4.69, 9.17) is 4.42 Å². The third-order valence-corrected chi connectivity index (χ3v) is 6.58. The van der Waals surface area contributed by atoms with Crippen molar-refractivity contribution in [3.05, 3.63) is 35.4 Å². The van der Waals surface area contributed by atoms with Crippen LogP contribution in [0.3, 0.4) is 0 Å². The number of rotatable bonds is 4. The zero-order chi connectivity index (χ0) is 16.2. The fourth-order valence-electron chi connectivity index (χ4n) is 5.14. The van der Waals surface area contributed by atoms with Gasteiger partial charge in [-0.3, -0.25) is 4.79 Å². The topological polar surface area (TPSA) is 42.2 Å². The largest absolute Gasteiger partial charge is 0.469 e. The lowest BCUT2D eigenvalue weighted by molar-refractivity contribution is -0.115. The van der Waals surface area contributed by atoms with E-state index in [1.54, 1.807) is 6.26 Å². The predicted octanol–water partition coefficient (Wildman–Crippen LogP) is 4.10. The van der Waals surface area contributed by atoms with Crippen LogP contribution in [0.1, 0.15) is 52.2 Å². The quantitative estimate of drug-likeness (QED) is 0.851. The van der Waals surface area contributed by atoms with E-state index in [9.17, 15) is 4.79 Å². The number of hydrogen-bond donors (Lipinski definition) is 1. The van der Waals surface area contributed by atoms with E-state index in [-0.39, 0.29) is 0 Å². The van der Waals surface area contributed by atoms with Gasteiger partial charge in [0.15, 0.2) is 5.78 Å². The predicted molar refractivity (Wildman–Crippen MR) is 89.8 cm³/mol. The van der Waals surface area contributed by atoms with Gasteiger partial charge in [0, 0.05) is 30.2 Å². The molecule has 4 atom stereocenters. The second kappa shape index (κ2) is 5.25. The van der Waals surface area contributed by atoms with Crippen LogP contribution in [0.5, 0.6) is 0 Å². The van der Waals surface area contributed by atoms with E-state index >= 15 is 0 Å². The second-order valence-electron chi connectivity index (χ2n) is 8.30. The minimum absolute atomic E-state index is 0.329. The molecular weight excluding hydrogens is 286 g/mol. The van der Waals surface area contributed by atoms with Gasteiger partial charge in [-0.05, 0) is 55.1 Å². The third-order valence-electron chi connectivity index (χ3n) is 6.58. The molecule has 1 heterocycles. The molecule has 3 heteroatoms. The van der Waals surface area contributed by atoms with E-state index in [1.807, 2.05) is 6.07 Å². The van der Waals surface area contributed by atoms with Gasteiger partial charge in [-0.2, -0.15) is 0 Å². The Morgan fingerprint density at radius 1 is 1.39 bits per heavy atom. The third kappa shape index (κ3) is 2.45. The standard InChI is InChI=1S/C20H27NO2/c1-12(18-17(22)11-15-19(18)20(15,2)3)21-16-8-4-6-13(16)10-14-7-5-9-23-14/h5,7,9,13,15-16,19,21H,4,6,8,10-11H2,1-3H3/t13-,15-,16-,19+/m1/s1. The number of Topliss-reactive ketones (excluding diaryl/α,β-unsaturated/α-hetero) is 1. The first-order valence-electron chi connectivity index (χ1n) is 9.01. The molecule has 1 aromatic rings. The van der Waals surface area contributed by atoms with E-state index in [0.29, 0.717) is 35.0 Å². The molecule has 1 aromatic heterocycles. The average Bonchev–Trinajstić information content (AvgIpc) is 3.04. The van der Waals surface area contributed by atoms with Gasteiger partial charge in [-0.15, -0.1) is 0 Å². The van der Waals surface area contributed by atoms with E-state index < -0.39 is 0 Å². The van der Waals surface area contributed by atoms with Crippen LogP contribution in [-0.4, -0.2) is 11.8 Å². The van der Waals surface area contributed by atoms with Gasteiger partial charge >= 0.3 is 0 Å². The number of hydrogen-bond acceptors (Lipinski definition) is 3. The Hall–Kier alpha value is -1.51. The molecule has 0 saturated heterocycles. The minimum Gasteiger partial charge on any atom is -0.469 e. The molecule has 124 valence electrons. The fraction of sp³-hybridized carbons (Fsp3) is 0.650. The van der Waals surface area contributed by atoms with Crippen molar-refractivity contribution in [2.45, 2.75) is 58.9 Å². The van der Waals surface area contributed by atoms with Crippen LogP contribution < -0.4 is 5.32 Å². The van der Waals surface area contributed by atoms with Crippen molar-refractivity contribution < 1.29 is 9.21 Å². The minimum atomic E-state index is 0.329. The molecule has 4 rings (SSSR count). The molecule has 0 aromatic carbocycles. The van der Waals surface area contributed by atoms with Crippen molar-refractivity contribution in [3.8, 4) is 0 Å². The maximum absolute atomic E-state index is 12.3. The summed E-state index contributed by atoms with van der Waals surface area (Å²) >= 11 is 0. The molecule has 23 heavy (non-hydrogen) atoms. The van der Waals surface area contributed by atoms with E-state index in [0.717, 1.165) is 29.9 Å². The summed E-state index contributed by atoms with van der Waals surface area (Å²) in [4.78, 5) is 12.3. The highest BCUT2D eigenvalue weighted by atomic mass is 16.3. The fourth-order valence-corrected chi connectivity index (χ4v) is 5.14. The van der Waals surface area contributed by atoms with Crippen LogP contribution in [-0.2, 0) is 11.2 Å². The number of fused-ring (bicyclic) bond motifs is 1. The monoisotopic (exact) mass is 313 g/mol. The smallest absolute Gasteiger partial charge is 0.161 e. The Morgan fingerprint density at radius 2 is 2.22 bits per heavy atom. The highest BCUT2D eigenvalue weighted by molar-refractivity contribution is 6.01. The SMILES string of the molecule is CC(N[C@@H]1CCC[C@@H]1Cc1ccco1)=C1C(=O)C[C@@H]2[C@@H]1C2(C)C. The number of carbonyl (C=O) groups excluding carboxylic acids is 1. The van der Waals surface area contributed by atoms with Crippen molar-refractivity contribution in [2.75, 3.05) is 0 Å². The van der Waals surface area contributed by atoms with Crippen molar-refractivity contribution in [1.29, 1.82) is 0 Å². The Kier molecular flexibility index (Phi) is 3.44. The van der Waals surface area contributed by atoms with Crippen LogP contribution in [0.25, 0.3) is 0 Å². The Labute approximate surface area is 138 Å². The normalized spacial score (nSPS) is 36.9. The maximum atomic E-state index is 12.3. The Bertz CT molecular complexity index is 641. The lowest BCUT2D eigenvalue weighted by Gasteiger charge is -2.23. The summed E-state index contributed by atoms with van der Waals surface area (Å²) < 4.78 is 5.52. The summed E-state index contributed by atoms with van der Waals surface area (Å²) in [5, 5.41) is 3.73. The van der Waals surface area contributed by atoms with Crippen molar-refractivity contribution in [2.24, 2.45) is 23.2 Å². The highest BCUT2D eigenvalue weighted by Crippen LogP contribution is 2.68. The van der Waals surface area contributed by atoms with Crippen LogP contribution in [0, 0.1) is 23.2 Å². The first-order valence-corrected chi connectivity index (χ1v) is 9.01. The van der Waals surface area contributed by atoms with Gasteiger partial charge in [0.25, 0.3) is 0 Å². The molecule has 3 saturated carbocycles. The Balaban J connectivity index is 1.48. The molecule has 3 aliphatic rings. The van der Waals surface area contributed by atoms with Crippen LogP contribution in [0.2, 0.25) is 0 Å². The number of carbonyl (C=O) groups is 1. The lowest BCUT2D eigenvalue weighted by Crippen LogP contribution is -2.33. The molecule has 3 nitrogen and oxygen atoms in total. The molecule has 0 bridgehead atoms. The lowest BCUT2D eigenvalue weighted by atomic mass is 9.94. The number of ketones is 1. The molecular formula is C20H27NO2. The molecule has 0 unspecified atom stereocenters. The number of furan rings is 1. The van der Waals surface area contributed by atoms with Crippen LogP contribution >= 0.6 is 0 Å². The summed E-state index contributed by atoms with van der Waals surface area (Å²) in [5.74, 6) is 3.15. The highest BCUT2D eigenvalue weighted by Gasteiger charge is 2.65. The molecule has 0 radical (unpaired) electrons. The molecule has 3 fully saturated rings. The zero-order valence-corrected chi connectivity index (χ0v) is 14.4. The molecule has 1 N–H and O–H groups in total.